The molecule has 2 heterocycles. The molecule has 1 amide bonds. The molecule has 1 aliphatic heterocycles. The molecule has 1 atom stereocenters. The van der Waals surface area contributed by atoms with E-state index in [0.717, 1.165) is 25.0 Å². The number of rotatable bonds is 4. The Balaban J connectivity index is 1.51. The molecule has 35 heavy (non-hydrogen) atoms. The summed E-state index contributed by atoms with van der Waals surface area (Å²) in [6.07, 6.45) is 3.08. The van der Waals surface area contributed by atoms with E-state index in [-0.39, 0.29) is 6.09 Å². The number of ether oxygens (including phenoxy) is 1. The zero-order chi connectivity index (χ0) is 25.2. The molecule has 4 rings (SSSR count). The summed E-state index contributed by atoms with van der Waals surface area (Å²) in [5.41, 5.74) is 3.56. The summed E-state index contributed by atoms with van der Waals surface area (Å²) in [5.74, 6) is 1.32. The number of benzene rings is 1. The van der Waals surface area contributed by atoms with Crippen molar-refractivity contribution in [2.24, 2.45) is 0 Å². The Kier molecular flexibility index (Phi) is 7.27. The van der Waals surface area contributed by atoms with Crippen molar-refractivity contribution in [2.45, 2.75) is 65.1 Å². The quantitative estimate of drug-likeness (QED) is 0.653. The molecule has 0 bridgehead atoms. The van der Waals surface area contributed by atoms with Crippen LogP contribution in [0.25, 0.3) is 0 Å². The third kappa shape index (κ3) is 5.73. The fourth-order valence-electron chi connectivity index (χ4n) is 5.03. The van der Waals surface area contributed by atoms with E-state index in [9.17, 15) is 10.1 Å². The SMILES string of the molecule is Cc1nc(CN(C)C2CCCc3ccccc32)c(C#N)c(N2CCN(C(=O)OC(C)(C)C)CC2)n1. The van der Waals surface area contributed by atoms with Crippen LogP contribution in [0.2, 0.25) is 0 Å². The maximum absolute atomic E-state index is 12.4. The van der Waals surface area contributed by atoms with Crippen molar-refractivity contribution in [3.8, 4) is 6.07 Å². The molecular weight excluding hydrogens is 440 g/mol. The van der Waals surface area contributed by atoms with E-state index >= 15 is 0 Å². The van der Waals surface area contributed by atoms with Crippen LogP contribution >= 0.6 is 0 Å². The molecule has 0 saturated carbocycles. The number of amides is 1. The molecule has 1 unspecified atom stereocenters. The highest BCUT2D eigenvalue weighted by Crippen LogP contribution is 2.34. The Morgan fingerprint density at radius 1 is 1.20 bits per heavy atom. The summed E-state index contributed by atoms with van der Waals surface area (Å²) in [6, 6.07) is 11.4. The standard InChI is InChI=1S/C27H36N6O2/c1-19-29-23(18-31(5)24-12-8-10-20-9-6-7-11-21(20)24)22(17-28)25(30-19)32-13-15-33(16-14-32)26(34)35-27(2,3)4/h6-7,9,11,24H,8,10,12-16,18H2,1-5H3. The minimum Gasteiger partial charge on any atom is -0.444 e. The molecule has 0 radical (unpaired) electrons. The maximum atomic E-state index is 12.4. The predicted octanol–water partition coefficient (Wildman–Crippen LogP) is 4.22. The molecule has 1 fully saturated rings. The molecule has 1 aliphatic carbocycles. The van der Waals surface area contributed by atoms with Gasteiger partial charge in [-0.3, -0.25) is 4.90 Å². The molecule has 8 heteroatoms. The van der Waals surface area contributed by atoms with Gasteiger partial charge in [0, 0.05) is 38.8 Å². The first-order valence-electron chi connectivity index (χ1n) is 12.4. The molecule has 2 aliphatic rings. The van der Waals surface area contributed by atoms with Gasteiger partial charge in [-0.2, -0.15) is 5.26 Å². The van der Waals surface area contributed by atoms with Crippen LogP contribution in [0, 0.1) is 18.3 Å². The molecule has 186 valence electrons. The third-order valence-corrected chi connectivity index (χ3v) is 6.69. The number of anilines is 1. The van der Waals surface area contributed by atoms with Gasteiger partial charge in [-0.05, 0) is 65.1 Å². The van der Waals surface area contributed by atoms with Crippen molar-refractivity contribution in [3.63, 3.8) is 0 Å². The van der Waals surface area contributed by atoms with Crippen LogP contribution in [-0.2, 0) is 17.7 Å². The fraction of sp³-hybridized carbons (Fsp3) is 0.556. The van der Waals surface area contributed by atoms with E-state index in [1.165, 1.54) is 11.1 Å². The van der Waals surface area contributed by atoms with E-state index < -0.39 is 5.60 Å². The molecule has 0 N–H and O–H groups in total. The summed E-state index contributed by atoms with van der Waals surface area (Å²) >= 11 is 0. The Bertz CT molecular complexity index is 1110. The molecule has 0 spiro atoms. The van der Waals surface area contributed by atoms with E-state index in [0.29, 0.717) is 56.0 Å². The Labute approximate surface area is 208 Å². The van der Waals surface area contributed by atoms with Gasteiger partial charge in [0.1, 0.15) is 23.1 Å². The van der Waals surface area contributed by atoms with Crippen LogP contribution in [0.3, 0.4) is 0 Å². The lowest BCUT2D eigenvalue weighted by atomic mass is 9.87. The van der Waals surface area contributed by atoms with Crippen LogP contribution in [0.15, 0.2) is 24.3 Å². The molecule has 2 aromatic rings. The van der Waals surface area contributed by atoms with Crippen molar-refractivity contribution in [3.05, 3.63) is 52.5 Å². The summed E-state index contributed by atoms with van der Waals surface area (Å²) < 4.78 is 5.51. The smallest absolute Gasteiger partial charge is 0.410 e. The molecule has 1 aromatic carbocycles. The van der Waals surface area contributed by atoms with E-state index in [2.05, 4.69) is 57.2 Å². The van der Waals surface area contributed by atoms with Crippen LogP contribution in [0.4, 0.5) is 10.6 Å². The average molecular weight is 477 g/mol. The lowest BCUT2D eigenvalue weighted by molar-refractivity contribution is 0.0240. The molecular formula is C27H36N6O2. The maximum Gasteiger partial charge on any atom is 0.410 e. The highest BCUT2D eigenvalue weighted by Gasteiger charge is 2.29. The Morgan fingerprint density at radius 3 is 2.60 bits per heavy atom. The van der Waals surface area contributed by atoms with E-state index in [1.807, 2.05) is 27.7 Å². The van der Waals surface area contributed by atoms with Crippen LogP contribution < -0.4 is 4.90 Å². The first-order chi connectivity index (χ1) is 16.7. The van der Waals surface area contributed by atoms with Gasteiger partial charge in [-0.15, -0.1) is 0 Å². The summed E-state index contributed by atoms with van der Waals surface area (Å²) in [4.78, 5) is 27.9. The van der Waals surface area contributed by atoms with Gasteiger partial charge >= 0.3 is 6.09 Å². The van der Waals surface area contributed by atoms with Gasteiger partial charge in [0.05, 0.1) is 5.69 Å². The lowest BCUT2D eigenvalue weighted by Crippen LogP contribution is -2.50. The molecule has 1 aromatic heterocycles. The normalized spacial score (nSPS) is 18.3. The second kappa shape index (κ2) is 10.2. The highest BCUT2D eigenvalue weighted by molar-refractivity contribution is 5.69. The third-order valence-electron chi connectivity index (χ3n) is 6.69. The van der Waals surface area contributed by atoms with Crippen LogP contribution in [0.5, 0.6) is 0 Å². The summed E-state index contributed by atoms with van der Waals surface area (Å²) in [7, 11) is 2.12. The highest BCUT2D eigenvalue weighted by atomic mass is 16.6. The second-order valence-electron chi connectivity index (χ2n) is 10.5. The Hall–Kier alpha value is -3.18. The largest absolute Gasteiger partial charge is 0.444 e. The zero-order valence-corrected chi connectivity index (χ0v) is 21.5. The average Bonchev–Trinajstić information content (AvgIpc) is 2.82. The van der Waals surface area contributed by atoms with Gasteiger partial charge in [-0.1, -0.05) is 24.3 Å². The zero-order valence-electron chi connectivity index (χ0n) is 21.5. The minimum absolute atomic E-state index is 0.299. The predicted molar refractivity (Wildman–Crippen MR) is 135 cm³/mol. The number of piperazine rings is 1. The number of nitriles is 1. The number of nitrogens with zero attached hydrogens (tertiary/aromatic N) is 6. The Morgan fingerprint density at radius 2 is 1.91 bits per heavy atom. The number of hydrogen-bond acceptors (Lipinski definition) is 7. The number of carbonyl (C=O) groups excluding carboxylic acids is 1. The monoisotopic (exact) mass is 476 g/mol. The van der Waals surface area contributed by atoms with Crippen LogP contribution in [-0.4, -0.2) is 64.7 Å². The van der Waals surface area contributed by atoms with E-state index in [1.54, 1.807) is 4.90 Å². The number of carbonyl (C=O) groups is 1. The first-order valence-corrected chi connectivity index (χ1v) is 12.4. The number of aromatic nitrogens is 2. The topological polar surface area (TPSA) is 85.6 Å². The van der Waals surface area contributed by atoms with Gasteiger partial charge in [0.2, 0.25) is 0 Å². The second-order valence-corrected chi connectivity index (χ2v) is 10.5. The van der Waals surface area contributed by atoms with Gasteiger partial charge in [-0.25, -0.2) is 14.8 Å². The van der Waals surface area contributed by atoms with Crippen LogP contribution in [0.1, 0.15) is 67.9 Å². The minimum atomic E-state index is -0.522. The van der Waals surface area contributed by atoms with Crippen molar-refractivity contribution in [2.75, 3.05) is 38.1 Å². The lowest BCUT2D eigenvalue weighted by Gasteiger charge is -2.37. The summed E-state index contributed by atoms with van der Waals surface area (Å²) in [6.45, 7) is 10.3. The van der Waals surface area contributed by atoms with Crippen molar-refractivity contribution in [1.29, 1.82) is 5.26 Å². The molecule has 8 nitrogen and oxygen atoms in total. The van der Waals surface area contributed by atoms with Crippen molar-refractivity contribution < 1.29 is 9.53 Å². The van der Waals surface area contributed by atoms with Gasteiger partial charge in [0.25, 0.3) is 0 Å². The summed E-state index contributed by atoms with van der Waals surface area (Å²) in [5, 5.41) is 10.1. The van der Waals surface area contributed by atoms with Crippen molar-refractivity contribution >= 4 is 11.9 Å². The number of aryl methyl sites for hydroxylation is 2. The van der Waals surface area contributed by atoms with Gasteiger partial charge < -0.3 is 14.5 Å². The van der Waals surface area contributed by atoms with Gasteiger partial charge in [0.15, 0.2) is 5.82 Å². The first kappa shape index (κ1) is 24.9. The fourth-order valence-corrected chi connectivity index (χ4v) is 5.03. The number of hydrogen-bond donors (Lipinski definition) is 0. The van der Waals surface area contributed by atoms with Crippen molar-refractivity contribution in [1.82, 2.24) is 19.8 Å². The molecule has 1 saturated heterocycles. The number of fused-ring (bicyclic) bond motifs is 1. The van der Waals surface area contributed by atoms with E-state index in [4.69, 9.17) is 4.74 Å².